The Kier molecular flexibility index (Phi) is 7.37. The molecule has 1 aromatic carbocycles. The quantitative estimate of drug-likeness (QED) is 0.681. The van der Waals surface area contributed by atoms with Gasteiger partial charge in [0, 0.05) is 36.5 Å². The maximum absolute atomic E-state index is 13.0. The van der Waals surface area contributed by atoms with E-state index >= 15 is 0 Å². The van der Waals surface area contributed by atoms with Crippen LogP contribution in [0.5, 0.6) is 0 Å². The van der Waals surface area contributed by atoms with E-state index in [1.165, 1.54) is 27.8 Å². The highest BCUT2D eigenvalue weighted by molar-refractivity contribution is 7.89. The molecule has 9 heteroatoms. The van der Waals surface area contributed by atoms with Crippen LogP contribution in [0, 0.1) is 11.7 Å². The number of carbonyl (C=O) groups is 1. The lowest BCUT2D eigenvalue weighted by molar-refractivity contribution is -0.120. The van der Waals surface area contributed by atoms with Crippen LogP contribution in [0.3, 0.4) is 0 Å². The number of piperidine rings is 1. The molecule has 0 aliphatic carbocycles. The summed E-state index contributed by atoms with van der Waals surface area (Å²) in [5.41, 5.74) is 0.976. The number of unbranched alkanes of at least 4 members (excludes halogenated alkanes) is 1. The first kappa shape index (κ1) is 21.9. The first-order valence-electron chi connectivity index (χ1n) is 9.85. The van der Waals surface area contributed by atoms with Gasteiger partial charge in [0.15, 0.2) is 5.13 Å². The van der Waals surface area contributed by atoms with Crippen molar-refractivity contribution < 1.29 is 17.6 Å². The molecule has 6 nitrogen and oxygen atoms in total. The van der Waals surface area contributed by atoms with Crippen LogP contribution in [0.2, 0.25) is 0 Å². The van der Waals surface area contributed by atoms with E-state index < -0.39 is 10.0 Å². The minimum Gasteiger partial charge on any atom is -0.302 e. The van der Waals surface area contributed by atoms with Crippen molar-refractivity contribution in [3.05, 3.63) is 46.7 Å². The lowest BCUT2D eigenvalue weighted by atomic mass is 9.97. The molecule has 0 atom stereocenters. The second-order valence-corrected chi connectivity index (χ2v) is 10.5. The van der Waals surface area contributed by atoms with Crippen LogP contribution in [-0.4, -0.2) is 42.5 Å². The molecule has 3 rings (SSSR count). The highest BCUT2D eigenvalue weighted by Crippen LogP contribution is 2.25. The number of nitrogens with one attached hydrogen (secondary N) is 1. The summed E-state index contributed by atoms with van der Waals surface area (Å²) in [6.07, 6.45) is 4.88. The standard InChI is InChI=1S/C20H26FN3O3S2/c1-2-3-12-29(26,27)24-10-8-16(9-11-24)19(25)23-20-22-14-18(28-20)13-15-4-6-17(21)7-5-15/h4-7,14,16H,2-3,8-13H2,1H3,(H,22,23,25). The first-order chi connectivity index (χ1) is 13.9. The van der Waals surface area contributed by atoms with Crippen LogP contribution in [0.1, 0.15) is 43.0 Å². The zero-order chi connectivity index (χ0) is 20.9. The molecule has 0 radical (unpaired) electrons. The van der Waals surface area contributed by atoms with Gasteiger partial charge in [-0.05, 0) is 37.0 Å². The molecule has 1 aliphatic rings. The van der Waals surface area contributed by atoms with Gasteiger partial charge in [-0.15, -0.1) is 11.3 Å². The highest BCUT2D eigenvalue weighted by Gasteiger charge is 2.31. The maximum atomic E-state index is 13.0. The molecule has 1 aromatic heterocycles. The predicted octanol–water partition coefficient (Wildman–Crippen LogP) is 3.65. The minimum absolute atomic E-state index is 0.113. The van der Waals surface area contributed by atoms with Crippen LogP contribution in [0.25, 0.3) is 0 Å². The second kappa shape index (κ2) is 9.77. The smallest absolute Gasteiger partial charge is 0.229 e. The van der Waals surface area contributed by atoms with Gasteiger partial charge in [-0.25, -0.2) is 22.1 Å². The summed E-state index contributed by atoms with van der Waals surface area (Å²) in [4.78, 5) is 17.8. The Bertz CT molecular complexity index is 921. The fourth-order valence-electron chi connectivity index (χ4n) is 3.31. The Morgan fingerprint density at radius 2 is 1.97 bits per heavy atom. The van der Waals surface area contributed by atoms with E-state index in [0.717, 1.165) is 16.9 Å². The van der Waals surface area contributed by atoms with Gasteiger partial charge in [0.25, 0.3) is 0 Å². The van der Waals surface area contributed by atoms with E-state index in [0.29, 0.717) is 43.9 Å². The second-order valence-electron chi connectivity index (χ2n) is 7.27. The molecule has 0 saturated carbocycles. The van der Waals surface area contributed by atoms with Crippen LogP contribution in [0.4, 0.5) is 9.52 Å². The number of anilines is 1. The van der Waals surface area contributed by atoms with Crippen molar-refractivity contribution in [2.45, 2.75) is 39.0 Å². The molecule has 1 fully saturated rings. The zero-order valence-corrected chi connectivity index (χ0v) is 18.1. The van der Waals surface area contributed by atoms with Gasteiger partial charge in [-0.3, -0.25) is 4.79 Å². The largest absolute Gasteiger partial charge is 0.302 e. The molecular weight excluding hydrogens is 413 g/mol. The first-order valence-corrected chi connectivity index (χ1v) is 12.3. The summed E-state index contributed by atoms with van der Waals surface area (Å²) in [6.45, 7) is 2.74. The Morgan fingerprint density at radius 1 is 1.28 bits per heavy atom. The molecule has 1 saturated heterocycles. The molecule has 0 unspecified atom stereocenters. The predicted molar refractivity (Wildman–Crippen MR) is 113 cm³/mol. The summed E-state index contributed by atoms with van der Waals surface area (Å²) >= 11 is 1.40. The Hall–Kier alpha value is -1.84. The van der Waals surface area contributed by atoms with Gasteiger partial charge in [0.2, 0.25) is 15.9 Å². The number of aromatic nitrogens is 1. The van der Waals surface area contributed by atoms with Crippen LogP contribution < -0.4 is 5.32 Å². The topological polar surface area (TPSA) is 79.4 Å². The van der Waals surface area contributed by atoms with Gasteiger partial charge in [0.1, 0.15) is 5.82 Å². The fraction of sp³-hybridized carbons (Fsp3) is 0.500. The van der Waals surface area contributed by atoms with Crippen LogP contribution in [0.15, 0.2) is 30.5 Å². The van der Waals surface area contributed by atoms with E-state index in [1.54, 1.807) is 18.3 Å². The molecule has 2 aromatic rings. The number of amides is 1. The average Bonchev–Trinajstić information content (AvgIpc) is 3.15. The van der Waals surface area contributed by atoms with Gasteiger partial charge >= 0.3 is 0 Å². The van der Waals surface area contributed by atoms with E-state index in [1.807, 2.05) is 6.92 Å². The number of nitrogens with zero attached hydrogens (tertiary/aromatic N) is 2. The molecule has 1 amide bonds. The summed E-state index contributed by atoms with van der Waals surface area (Å²) in [5.74, 6) is -0.415. The number of sulfonamides is 1. The van der Waals surface area contributed by atoms with Crippen molar-refractivity contribution in [3.8, 4) is 0 Å². The van der Waals surface area contributed by atoms with Gasteiger partial charge in [0.05, 0.1) is 5.75 Å². The fourth-order valence-corrected chi connectivity index (χ4v) is 5.84. The lowest BCUT2D eigenvalue weighted by Gasteiger charge is -2.30. The van der Waals surface area contributed by atoms with Crippen LogP contribution >= 0.6 is 11.3 Å². The van der Waals surface area contributed by atoms with Gasteiger partial charge in [-0.1, -0.05) is 25.5 Å². The summed E-state index contributed by atoms with van der Waals surface area (Å²) < 4.78 is 39.1. The van der Waals surface area contributed by atoms with Crippen molar-refractivity contribution >= 4 is 32.4 Å². The number of halogens is 1. The Morgan fingerprint density at radius 3 is 2.62 bits per heavy atom. The molecule has 0 spiro atoms. The molecule has 2 heterocycles. The number of thiazole rings is 1. The third-order valence-electron chi connectivity index (χ3n) is 5.05. The molecule has 158 valence electrons. The van der Waals surface area contributed by atoms with Crippen molar-refractivity contribution in [3.63, 3.8) is 0 Å². The number of rotatable bonds is 8. The van der Waals surface area contributed by atoms with Crippen molar-refractivity contribution in [1.29, 1.82) is 0 Å². The molecule has 0 bridgehead atoms. The molecule has 1 N–H and O–H groups in total. The number of hydrogen-bond donors (Lipinski definition) is 1. The zero-order valence-electron chi connectivity index (χ0n) is 16.4. The third kappa shape index (κ3) is 6.07. The number of benzene rings is 1. The molecule has 29 heavy (non-hydrogen) atoms. The van der Waals surface area contributed by atoms with Crippen LogP contribution in [-0.2, 0) is 21.2 Å². The maximum Gasteiger partial charge on any atom is 0.229 e. The van der Waals surface area contributed by atoms with Crippen molar-refractivity contribution in [1.82, 2.24) is 9.29 Å². The number of hydrogen-bond acceptors (Lipinski definition) is 5. The Balaban J connectivity index is 1.50. The average molecular weight is 440 g/mol. The SMILES string of the molecule is CCCCS(=O)(=O)N1CCC(C(=O)Nc2ncc(Cc3ccc(F)cc3)s2)CC1. The van der Waals surface area contributed by atoms with Crippen molar-refractivity contribution in [2.24, 2.45) is 5.92 Å². The molecular formula is C20H26FN3O3S2. The van der Waals surface area contributed by atoms with E-state index in [4.69, 9.17) is 0 Å². The van der Waals surface area contributed by atoms with Crippen molar-refractivity contribution in [2.75, 3.05) is 24.2 Å². The Labute approximate surface area is 175 Å². The van der Waals surface area contributed by atoms with Gasteiger partial charge in [-0.2, -0.15) is 0 Å². The van der Waals surface area contributed by atoms with Gasteiger partial charge < -0.3 is 5.32 Å². The van der Waals surface area contributed by atoms with E-state index in [-0.39, 0.29) is 23.4 Å². The lowest BCUT2D eigenvalue weighted by Crippen LogP contribution is -2.42. The monoisotopic (exact) mass is 439 g/mol. The van der Waals surface area contributed by atoms with E-state index in [9.17, 15) is 17.6 Å². The summed E-state index contributed by atoms with van der Waals surface area (Å²) in [6, 6.07) is 6.31. The number of carbonyl (C=O) groups excluding carboxylic acids is 1. The normalized spacial score (nSPS) is 16.1. The third-order valence-corrected chi connectivity index (χ3v) is 7.92. The van der Waals surface area contributed by atoms with E-state index in [2.05, 4.69) is 10.3 Å². The summed E-state index contributed by atoms with van der Waals surface area (Å²) in [7, 11) is -3.21. The molecule has 1 aliphatic heterocycles. The highest BCUT2D eigenvalue weighted by atomic mass is 32.2. The minimum atomic E-state index is -3.21. The summed E-state index contributed by atoms with van der Waals surface area (Å²) in [5, 5.41) is 3.39.